The minimum absolute atomic E-state index is 0.107. The van der Waals surface area contributed by atoms with Crippen LogP contribution in [0.25, 0.3) is 0 Å². The van der Waals surface area contributed by atoms with Gasteiger partial charge in [-0.25, -0.2) is 4.79 Å². The minimum atomic E-state index is -1.15. The van der Waals surface area contributed by atoms with E-state index >= 15 is 0 Å². The van der Waals surface area contributed by atoms with Gasteiger partial charge < -0.3 is 5.32 Å². The first-order valence-electron chi connectivity index (χ1n) is 7.55. The number of hydrogen-bond donors (Lipinski definition) is 2. The van der Waals surface area contributed by atoms with Gasteiger partial charge in [0.2, 0.25) is 5.91 Å². The number of rotatable bonds is 3. The zero-order valence-corrected chi connectivity index (χ0v) is 12.5. The van der Waals surface area contributed by atoms with Gasteiger partial charge in [0.15, 0.2) is 0 Å². The van der Waals surface area contributed by atoms with Crippen molar-refractivity contribution in [2.45, 2.75) is 38.1 Å². The molecule has 1 atom stereocenters. The van der Waals surface area contributed by atoms with Gasteiger partial charge in [0.1, 0.15) is 5.54 Å². The maximum atomic E-state index is 12.6. The Kier molecular flexibility index (Phi) is 3.60. The number of urea groups is 1. The highest BCUT2D eigenvalue weighted by Gasteiger charge is 2.50. The molecular weight excluding hydrogens is 282 g/mol. The lowest BCUT2D eigenvalue weighted by molar-refractivity contribution is -0.140. The van der Waals surface area contributed by atoms with Crippen molar-refractivity contribution < 1.29 is 14.4 Å². The standard InChI is InChI=1S/C16H19N3O3/c1-16(12-9-3-2-4-10-12)14(21)19(15(22)17-16)18-13(20)11-7-5-6-8-11/h2-4,9-11H,5-8H2,1H3,(H,17,22)(H,18,20)/t16-/m1/s1. The fraction of sp³-hybridized carbons (Fsp3) is 0.438. The van der Waals surface area contributed by atoms with Gasteiger partial charge in [-0.2, -0.15) is 5.01 Å². The van der Waals surface area contributed by atoms with Gasteiger partial charge in [0.05, 0.1) is 0 Å². The third-order valence-corrected chi connectivity index (χ3v) is 4.49. The van der Waals surface area contributed by atoms with Crippen LogP contribution >= 0.6 is 0 Å². The SMILES string of the molecule is C[C@]1(c2ccccc2)NC(=O)N(NC(=O)C2CCCC2)C1=O. The molecule has 1 aliphatic heterocycles. The number of hydrazine groups is 1. The fourth-order valence-corrected chi connectivity index (χ4v) is 3.10. The smallest absolute Gasteiger partial charge is 0.318 e. The van der Waals surface area contributed by atoms with Crippen molar-refractivity contribution in [3.05, 3.63) is 35.9 Å². The average molecular weight is 301 g/mol. The lowest BCUT2D eigenvalue weighted by Gasteiger charge is -2.22. The Bertz CT molecular complexity index is 610. The van der Waals surface area contributed by atoms with Gasteiger partial charge in [-0.05, 0) is 25.3 Å². The van der Waals surface area contributed by atoms with Crippen molar-refractivity contribution >= 4 is 17.8 Å². The predicted octanol–water partition coefficient (Wildman–Crippen LogP) is 1.68. The highest BCUT2D eigenvalue weighted by molar-refractivity contribution is 6.08. The summed E-state index contributed by atoms with van der Waals surface area (Å²) in [6, 6.07) is 8.41. The zero-order chi connectivity index (χ0) is 15.7. The second kappa shape index (κ2) is 5.44. The molecule has 0 aromatic heterocycles. The second-order valence-electron chi connectivity index (χ2n) is 6.02. The highest BCUT2D eigenvalue weighted by atomic mass is 16.2. The molecule has 6 nitrogen and oxygen atoms in total. The third kappa shape index (κ3) is 2.34. The van der Waals surface area contributed by atoms with Crippen molar-refractivity contribution in [1.82, 2.24) is 15.8 Å². The summed E-state index contributed by atoms with van der Waals surface area (Å²) in [5.41, 5.74) is 2.01. The molecule has 0 unspecified atom stereocenters. The van der Waals surface area contributed by atoms with Crippen LogP contribution < -0.4 is 10.7 Å². The van der Waals surface area contributed by atoms with Gasteiger partial charge in [-0.3, -0.25) is 15.0 Å². The molecule has 22 heavy (non-hydrogen) atoms. The molecule has 1 aromatic rings. The Labute approximate surface area is 128 Å². The molecule has 116 valence electrons. The Morgan fingerprint density at radius 3 is 2.50 bits per heavy atom. The van der Waals surface area contributed by atoms with Gasteiger partial charge in [0, 0.05) is 5.92 Å². The largest absolute Gasteiger partial charge is 0.344 e. The highest BCUT2D eigenvalue weighted by Crippen LogP contribution is 2.29. The van der Waals surface area contributed by atoms with Crippen molar-refractivity contribution in [3.8, 4) is 0 Å². The van der Waals surface area contributed by atoms with Crippen molar-refractivity contribution in [1.29, 1.82) is 0 Å². The summed E-state index contributed by atoms with van der Waals surface area (Å²) in [4.78, 5) is 36.9. The number of nitrogens with one attached hydrogen (secondary N) is 2. The zero-order valence-electron chi connectivity index (χ0n) is 12.5. The summed E-state index contributed by atoms with van der Waals surface area (Å²) in [5, 5.41) is 3.48. The molecule has 1 aromatic carbocycles. The molecule has 1 saturated carbocycles. The molecule has 2 N–H and O–H groups in total. The van der Waals surface area contributed by atoms with E-state index in [1.54, 1.807) is 31.2 Å². The van der Waals surface area contributed by atoms with Crippen LogP contribution in [-0.4, -0.2) is 22.9 Å². The number of amides is 4. The van der Waals surface area contributed by atoms with Crippen LogP contribution in [-0.2, 0) is 15.1 Å². The Morgan fingerprint density at radius 1 is 1.23 bits per heavy atom. The molecule has 1 heterocycles. The number of benzene rings is 1. The van der Waals surface area contributed by atoms with Crippen molar-refractivity contribution in [2.75, 3.05) is 0 Å². The number of hydrogen-bond acceptors (Lipinski definition) is 3. The molecule has 0 radical (unpaired) electrons. The van der Waals surface area contributed by atoms with Crippen LogP contribution in [0.4, 0.5) is 4.79 Å². The monoisotopic (exact) mass is 301 g/mol. The topological polar surface area (TPSA) is 78.5 Å². The summed E-state index contributed by atoms with van der Waals surface area (Å²) < 4.78 is 0. The Hall–Kier alpha value is -2.37. The number of carbonyl (C=O) groups excluding carboxylic acids is 3. The summed E-state index contributed by atoms with van der Waals surface area (Å²) >= 11 is 0. The Morgan fingerprint density at radius 2 is 1.86 bits per heavy atom. The van der Waals surface area contributed by atoms with E-state index in [1.807, 2.05) is 6.07 Å². The van der Waals surface area contributed by atoms with Gasteiger partial charge in [0.25, 0.3) is 5.91 Å². The molecule has 1 aliphatic carbocycles. The van der Waals surface area contributed by atoms with Crippen molar-refractivity contribution in [3.63, 3.8) is 0 Å². The first kappa shape index (κ1) is 14.6. The molecule has 0 bridgehead atoms. The van der Waals surface area contributed by atoms with E-state index < -0.39 is 17.5 Å². The quantitative estimate of drug-likeness (QED) is 0.834. The fourth-order valence-electron chi connectivity index (χ4n) is 3.10. The molecule has 3 rings (SSSR count). The lowest BCUT2D eigenvalue weighted by atomic mass is 9.92. The summed E-state index contributed by atoms with van der Waals surface area (Å²) in [6.07, 6.45) is 3.65. The van der Waals surface area contributed by atoms with Gasteiger partial charge in [-0.1, -0.05) is 43.2 Å². The molecule has 2 fully saturated rings. The average Bonchev–Trinajstić information content (AvgIpc) is 3.12. The summed E-state index contributed by atoms with van der Waals surface area (Å²) in [5.74, 6) is -0.822. The van der Waals surface area contributed by atoms with E-state index in [2.05, 4.69) is 10.7 Å². The molecule has 1 saturated heterocycles. The van der Waals surface area contributed by atoms with Crippen LogP contribution in [0.5, 0.6) is 0 Å². The van der Waals surface area contributed by atoms with Gasteiger partial charge in [-0.15, -0.1) is 0 Å². The maximum absolute atomic E-state index is 12.6. The summed E-state index contributed by atoms with van der Waals surface area (Å²) in [6.45, 7) is 1.64. The number of nitrogens with zero attached hydrogens (tertiary/aromatic N) is 1. The third-order valence-electron chi connectivity index (χ3n) is 4.49. The van der Waals surface area contributed by atoms with Crippen LogP contribution in [0.15, 0.2) is 30.3 Å². The van der Waals surface area contributed by atoms with Crippen LogP contribution in [0.3, 0.4) is 0 Å². The molecular formula is C16H19N3O3. The van der Waals surface area contributed by atoms with Crippen molar-refractivity contribution in [2.24, 2.45) is 5.92 Å². The Balaban J connectivity index is 1.78. The van der Waals surface area contributed by atoms with E-state index in [4.69, 9.17) is 0 Å². The van der Waals surface area contributed by atoms with E-state index in [1.165, 1.54) is 0 Å². The van der Waals surface area contributed by atoms with E-state index in [9.17, 15) is 14.4 Å². The summed E-state index contributed by atoms with van der Waals surface area (Å²) in [7, 11) is 0. The van der Waals surface area contributed by atoms with E-state index in [-0.39, 0.29) is 11.8 Å². The first-order chi connectivity index (χ1) is 10.5. The van der Waals surface area contributed by atoms with Crippen LogP contribution in [0.2, 0.25) is 0 Å². The van der Waals surface area contributed by atoms with Crippen LogP contribution in [0, 0.1) is 5.92 Å². The maximum Gasteiger partial charge on any atom is 0.344 e. The number of imide groups is 1. The van der Waals surface area contributed by atoms with Crippen LogP contribution in [0.1, 0.15) is 38.2 Å². The predicted molar refractivity (Wildman–Crippen MR) is 79.3 cm³/mol. The normalized spacial score (nSPS) is 25.4. The van der Waals surface area contributed by atoms with E-state index in [0.717, 1.165) is 30.7 Å². The number of carbonyl (C=O) groups is 3. The van der Waals surface area contributed by atoms with E-state index in [0.29, 0.717) is 5.56 Å². The molecule has 6 heteroatoms. The first-order valence-corrected chi connectivity index (χ1v) is 7.55. The molecule has 0 spiro atoms. The second-order valence-corrected chi connectivity index (χ2v) is 6.02. The lowest BCUT2D eigenvalue weighted by Crippen LogP contribution is -2.49. The molecule has 4 amide bonds. The van der Waals surface area contributed by atoms with Gasteiger partial charge >= 0.3 is 6.03 Å². The minimum Gasteiger partial charge on any atom is -0.318 e. The molecule has 2 aliphatic rings.